The van der Waals surface area contributed by atoms with Gasteiger partial charge in [-0.15, -0.1) is 0 Å². The van der Waals surface area contributed by atoms with E-state index in [1.54, 1.807) is 4.90 Å². The van der Waals surface area contributed by atoms with Gasteiger partial charge in [0.25, 0.3) is 0 Å². The van der Waals surface area contributed by atoms with Gasteiger partial charge in [0, 0.05) is 24.6 Å². The van der Waals surface area contributed by atoms with Crippen LogP contribution in [0.1, 0.15) is 37.0 Å². The first-order valence-corrected chi connectivity index (χ1v) is 7.74. The van der Waals surface area contributed by atoms with E-state index in [1.807, 2.05) is 13.8 Å². The largest absolute Gasteiger partial charge is 0.341 e. The van der Waals surface area contributed by atoms with Crippen molar-refractivity contribution in [3.05, 3.63) is 35.6 Å². The van der Waals surface area contributed by atoms with Crippen LogP contribution in [0.4, 0.5) is 4.39 Å². The Kier molecular flexibility index (Phi) is 5.29. The number of benzene rings is 1. The number of hydrogen-bond donors (Lipinski definition) is 1. The molecule has 0 unspecified atom stereocenters. The van der Waals surface area contributed by atoms with E-state index in [0.29, 0.717) is 31.5 Å². The summed E-state index contributed by atoms with van der Waals surface area (Å²) in [6, 6.07) is 5.15. The van der Waals surface area contributed by atoms with Crippen molar-refractivity contribution in [2.75, 3.05) is 13.1 Å². The first kappa shape index (κ1) is 16.6. The quantitative estimate of drug-likeness (QED) is 0.868. The number of piperidine rings is 1. The van der Waals surface area contributed by atoms with Gasteiger partial charge in [-0.3, -0.25) is 9.59 Å². The number of ketones is 1. The van der Waals surface area contributed by atoms with Crippen molar-refractivity contribution in [2.45, 2.75) is 32.7 Å². The van der Waals surface area contributed by atoms with Crippen LogP contribution in [0.5, 0.6) is 0 Å². The monoisotopic (exact) mass is 306 g/mol. The fourth-order valence-corrected chi connectivity index (χ4v) is 2.71. The molecule has 0 aromatic heterocycles. The molecule has 1 amide bonds. The maximum absolute atomic E-state index is 12.9. The summed E-state index contributed by atoms with van der Waals surface area (Å²) >= 11 is 0. The predicted molar refractivity (Wildman–Crippen MR) is 82.8 cm³/mol. The Balaban J connectivity index is 1.93. The number of amides is 1. The number of halogens is 1. The summed E-state index contributed by atoms with van der Waals surface area (Å²) in [6.45, 7) is 4.95. The predicted octanol–water partition coefficient (Wildman–Crippen LogP) is 2.23. The number of hydrogen-bond acceptors (Lipinski definition) is 3. The number of rotatable bonds is 4. The molecule has 2 rings (SSSR count). The number of carbonyl (C=O) groups is 2. The molecule has 1 aromatic carbocycles. The SMILES string of the molecule is CC(C)[C@H](N)C(=O)N1CCC(C(=O)c2ccc(F)cc2)CC1. The van der Waals surface area contributed by atoms with Gasteiger partial charge in [-0.2, -0.15) is 0 Å². The van der Waals surface area contributed by atoms with Gasteiger partial charge in [0.1, 0.15) is 5.82 Å². The summed E-state index contributed by atoms with van der Waals surface area (Å²) in [5, 5.41) is 0. The number of nitrogens with two attached hydrogens (primary N) is 1. The van der Waals surface area contributed by atoms with Crippen LogP contribution in [-0.2, 0) is 4.79 Å². The molecule has 1 saturated heterocycles. The van der Waals surface area contributed by atoms with Crippen molar-refractivity contribution in [1.29, 1.82) is 0 Å². The normalized spacial score (nSPS) is 17.6. The lowest BCUT2D eigenvalue weighted by Crippen LogP contribution is -2.49. The molecule has 0 aliphatic carbocycles. The molecular formula is C17H23FN2O2. The lowest BCUT2D eigenvalue weighted by Gasteiger charge is -2.33. The molecule has 2 N–H and O–H groups in total. The summed E-state index contributed by atoms with van der Waals surface area (Å²) in [5.74, 6) is -0.363. The Bertz CT molecular complexity index is 534. The summed E-state index contributed by atoms with van der Waals surface area (Å²) in [5.41, 5.74) is 6.43. The number of Topliss-reactive ketones (excluding diaryl/α,β-unsaturated/α-hetero) is 1. The molecule has 0 radical (unpaired) electrons. The molecule has 4 nitrogen and oxygen atoms in total. The van der Waals surface area contributed by atoms with Crippen LogP contribution in [0.2, 0.25) is 0 Å². The molecule has 120 valence electrons. The zero-order valence-corrected chi connectivity index (χ0v) is 13.1. The molecule has 1 fully saturated rings. The van der Waals surface area contributed by atoms with Crippen molar-refractivity contribution < 1.29 is 14.0 Å². The zero-order chi connectivity index (χ0) is 16.3. The topological polar surface area (TPSA) is 63.4 Å². The molecule has 0 saturated carbocycles. The van der Waals surface area contributed by atoms with Crippen molar-refractivity contribution in [3.8, 4) is 0 Å². The molecule has 1 aliphatic heterocycles. The second kappa shape index (κ2) is 7.01. The molecule has 1 aliphatic rings. The van der Waals surface area contributed by atoms with E-state index in [9.17, 15) is 14.0 Å². The molecule has 1 aromatic rings. The Hall–Kier alpha value is -1.75. The van der Waals surface area contributed by atoms with Crippen LogP contribution in [0.25, 0.3) is 0 Å². The van der Waals surface area contributed by atoms with Gasteiger partial charge >= 0.3 is 0 Å². The highest BCUT2D eigenvalue weighted by atomic mass is 19.1. The highest BCUT2D eigenvalue weighted by molar-refractivity contribution is 5.98. The second-order valence-corrected chi connectivity index (χ2v) is 6.24. The minimum Gasteiger partial charge on any atom is -0.341 e. The highest BCUT2D eigenvalue weighted by Crippen LogP contribution is 2.22. The third kappa shape index (κ3) is 3.71. The summed E-state index contributed by atoms with van der Waals surface area (Å²) in [4.78, 5) is 26.3. The minimum absolute atomic E-state index is 0.0280. The van der Waals surface area contributed by atoms with Crippen LogP contribution in [-0.4, -0.2) is 35.7 Å². The van der Waals surface area contributed by atoms with Gasteiger partial charge < -0.3 is 10.6 Å². The summed E-state index contributed by atoms with van der Waals surface area (Å²) < 4.78 is 12.9. The zero-order valence-electron chi connectivity index (χ0n) is 13.1. The highest BCUT2D eigenvalue weighted by Gasteiger charge is 2.30. The first-order chi connectivity index (χ1) is 10.4. The lowest BCUT2D eigenvalue weighted by atomic mass is 9.88. The fourth-order valence-electron chi connectivity index (χ4n) is 2.71. The third-order valence-electron chi connectivity index (χ3n) is 4.31. The van der Waals surface area contributed by atoms with Crippen LogP contribution in [0.3, 0.4) is 0 Å². The van der Waals surface area contributed by atoms with Gasteiger partial charge in [0.05, 0.1) is 6.04 Å². The Labute approximate surface area is 130 Å². The molecule has 1 heterocycles. The smallest absolute Gasteiger partial charge is 0.239 e. The first-order valence-electron chi connectivity index (χ1n) is 7.74. The van der Waals surface area contributed by atoms with E-state index in [0.717, 1.165) is 0 Å². The fraction of sp³-hybridized carbons (Fsp3) is 0.529. The van der Waals surface area contributed by atoms with Crippen LogP contribution in [0, 0.1) is 17.7 Å². The Morgan fingerprint density at radius 3 is 2.23 bits per heavy atom. The van der Waals surface area contributed by atoms with Crippen molar-refractivity contribution in [1.82, 2.24) is 4.90 Å². The third-order valence-corrected chi connectivity index (χ3v) is 4.31. The average Bonchev–Trinajstić information content (AvgIpc) is 2.53. The van der Waals surface area contributed by atoms with E-state index in [1.165, 1.54) is 24.3 Å². The minimum atomic E-state index is -0.482. The van der Waals surface area contributed by atoms with Gasteiger partial charge in [-0.25, -0.2) is 4.39 Å². The van der Waals surface area contributed by atoms with Gasteiger partial charge in [0.15, 0.2) is 5.78 Å². The second-order valence-electron chi connectivity index (χ2n) is 6.24. The molecule has 1 atom stereocenters. The van der Waals surface area contributed by atoms with Crippen molar-refractivity contribution in [3.63, 3.8) is 0 Å². The van der Waals surface area contributed by atoms with Crippen LogP contribution < -0.4 is 5.73 Å². The van der Waals surface area contributed by atoms with Crippen LogP contribution in [0.15, 0.2) is 24.3 Å². The summed E-state index contributed by atoms with van der Waals surface area (Å²) in [6.07, 6.45) is 1.26. The van der Waals surface area contributed by atoms with Crippen molar-refractivity contribution in [2.24, 2.45) is 17.6 Å². The van der Waals surface area contributed by atoms with Gasteiger partial charge in [-0.1, -0.05) is 13.8 Å². The molecular weight excluding hydrogens is 283 g/mol. The van der Waals surface area contributed by atoms with E-state index in [-0.39, 0.29) is 29.3 Å². The van der Waals surface area contributed by atoms with E-state index in [2.05, 4.69) is 0 Å². The molecule has 22 heavy (non-hydrogen) atoms. The van der Waals surface area contributed by atoms with Crippen LogP contribution >= 0.6 is 0 Å². The molecule has 0 bridgehead atoms. The Morgan fingerprint density at radius 1 is 1.18 bits per heavy atom. The number of nitrogens with zero attached hydrogens (tertiary/aromatic N) is 1. The maximum Gasteiger partial charge on any atom is 0.239 e. The number of likely N-dealkylation sites (tertiary alicyclic amines) is 1. The lowest BCUT2D eigenvalue weighted by molar-refractivity contribution is -0.134. The average molecular weight is 306 g/mol. The van der Waals surface area contributed by atoms with Gasteiger partial charge in [0.2, 0.25) is 5.91 Å². The van der Waals surface area contributed by atoms with Gasteiger partial charge in [-0.05, 0) is 43.0 Å². The number of carbonyl (C=O) groups excluding carboxylic acids is 2. The molecule has 5 heteroatoms. The maximum atomic E-state index is 12.9. The van der Waals surface area contributed by atoms with Crippen molar-refractivity contribution >= 4 is 11.7 Å². The van der Waals surface area contributed by atoms with E-state index >= 15 is 0 Å². The Morgan fingerprint density at radius 2 is 1.73 bits per heavy atom. The summed E-state index contributed by atoms with van der Waals surface area (Å²) in [7, 11) is 0. The molecule has 0 spiro atoms. The van der Waals surface area contributed by atoms with E-state index < -0.39 is 6.04 Å². The standard InChI is InChI=1S/C17H23FN2O2/c1-11(2)15(19)17(22)20-9-7-13(8-10-20)16(21)12-3-5-14(18)6-4-12/h3-6,11,13,15H,7-10,19H2,1-2H3/t15-/m0/s1. The van der Waals surface area contributed by atoms with E-state index in [4.69, 9.17) is 5.73 Å².